The SMILES string of the molecule is NC(CCC(=O)NC(CSSCC(NC(=O)CCC(N)C(=O)O)C(=O)NCC(=O)O)C(=O)NCC(=O)O)C(=O)O.NC(CS)C(=O)O.NC(CSSCC(N)C(=O)O)C(=O)O.Nc1ccn([C@@H]2O[C@H](CO)[C@@H](O)[C@H]2O)c(=O)n1. The number of carbonyl (C=O) groups is 11. The molecule has 2 rings (SSSR count). The van der Waals surface area contributed by atoms with Gasteiger partial charge in [0.1, 0.15) is 79.5 Å². The van der Waals surface area contributed by atoms with Crippen LogP contribution in [0.15, 0.2) is 17.1 Å². The van der Waals surface area contributed by atoms with Crippen molar-refractivity contribution in [2.45, 2.75) is 92.5 Å². The number of nitrogen functional groups attached to an aromatic ring is 1. The molecule has 0 bridgehead atoms. The van der Waals surface area contributed by atoms with Gasteiger partial charge in [-0.3, -0.25) is 57.3 Å². The number of thiol groups is 1. The van der Waals surface area contributed by atoms with Crippen molar-refractivity contribution in [1.82, 2.24) is 30.8 Å². The van der Waals surface area contributed by atoms with E-state index in [0.717, 1.165) is 26.2 Å². The zero-order valence-corrected chi connectivity index (χ0v) is 44.9. The van der Waals surface area contributed by atoms with E-state index in [0.29, 0.717) is 0 Å². The molecule has 4 amide bonds. The molecule has 0 radical (unpaired) electrons. The lowest BCUT2D eigenvalue weighted by Gasteiger charge is -2.20. The molecule has 2 heterocycles. The van der Waals surface area contributed by atoms with Crippen molar-refractivity contribution in [3.8, 4) is 0 Å². The van der Waals surface area contributed by atoms with Crippen LogP contribution in [-0.2, 0) is 57.5 Å². The minimum absolute atomic E-state index is 0.0537. The van der Waals surface area contributed by atoms with Gasteiger partial charge in [-0.25, -0.2) is 4.79 Å². The summed E-state index contributed by atoms with van der Waals surface area (Å²) in [7, 11) is 4.29. The standard InChI is InChI=1S/C20H32N6O12S2.C9H13N3O5.C6H12N2O4S2.C3H7NO2S/c21-9(19(35)36)1-3-13(27)25-11(17(33)23-5-15(29)30)7-39-40-8-12(18(34)24-6-16(31)32)26-14(28)4-2-10(22)20(37)38;10-5-1-2-12(9(16)11-5)8-7(15)6(14)4(3-13)17-8;7-3(5(9)10)1-13-14-2-4(8)6(11)12;4-2(1-7)3(5)6/h9-12H,1-8,21-22H2,(H,23,33)(H,24,34)(H,25,27)(H,26,28)(H,29,30)(H,31,32)(H,35,36)(H,37,38);1-2,4,6-8,13-15H,3H2,(H2,10,11,16);3-4H,1-2,7-8H2,(H,9,10)(H,11,12);2,7H,1,4H2,(H,5,6)/t;4-,6-,7-,8-;;/m.1../s1. The normalized spacial score (nSPS) is 18.0. The summed E-state index contributed by atoms with van der Waals surface area (Å²) in [5, 5.41) is 97.0. The summed E-state index contributed by atoms with van der Waals surface area (Å²) in [4.78, 5) is 138. The van der Waals surface area contributed by atoms with Crippen LogP contribution in [0, 0.1) is 0 Å². The van der Waals surface area contributed by atoms with Crippen LogP contribution in [0.4, 0.5) is 5.82 Å². The molecule has 35 nitrogen and oxygen atoms in total. The molecule has 1 aromatic rings. The van der Waals surface area contributed by atoms with Crippen LogP contribution in [0.5, 0.6) is 0 Å². The highest BCUT2D eigenvalue weighted by Crippen LogP contribution is 2.28. The number of aliphatic hydroxyl groups excluding tert-OH is 3. The molecule has 11 atom stereocenters. The molecule has 1 saturated heterocycles. The Morgan fingerprint density at radius 3 is 1.28 bits per heavy atom. The first-order valence-electron chi connectivity index (χ1n) is 21.9. The number of rotatable bonds is 32. The molecule has 0 saturated carbocycles. The fraction of sp³-hybridized carbons (Fsp3) is 0.605. The van der Waals surface area contributed by atoms with Crippen molar-refractivity contribution in [2.24, 2.45) is 28.7 Å². The summed E-state index contributed by atoms with van der Waals surface area (Å²) >= 11 is 3.65. The summed E-state index contributed by atoms with van der Waals surface area (Å²) in [5.74, 6) is -11.3. The number of nitrogens with zero attached hydrogens (tertiary/aromatic N) is 2. The van der Waals surface area contributed by atoms with Gasteiger partial charge in [-0.05, 0) is 18.9 Å². The maximum atomic E-state index is 12.4. The number of hydrogen-bond donors (Lipinski definition) is 21. The Balaban J connectivity index is 0. The monoisotopic (exact) mass is 1220 g/mol. The smallest absolute Gasteiger partial charge is 0.351 e. The number of carboxylic acid groups (broad SMARTS) is 7. The van der Waals surface area contributed by atoms with Crippen LogP contribution in [0.25, 0.3) is 0 Å². The fourth-order valence-electron chi connectivity index (χ4n) is 4.72. The molecule has 0 aliphatic carbocycles. The van der Waals surface area contributed by atoms with E-state index in [2.05, 4.69) is 38.9 Å². The Morgan fingerprint density at radius 2 is 0.987 bits per heavy atom. The third kappa shape index (κ3) is 32.9. The highest BCUT2D eigenvalue weighted by atomic mass is 33.1. The Hall–Kier alpha value is -5.76. The molecular formula is C38H64N12O23S5. The second-order valence-corrected chi connectivity index (χ2v) is 20.8. The van der Waals surface area contributed by atoms with Crippen LogP contribution in [-0.4, -0.2) is 235 Å². The number of anilines is 1. The quantitative estimate of drug-likeness (QED) is 0.0181. The number of aliphatic carboxylic acids is 7. The first-order chi connectivity index (χ1) is 36.3. The van der Waals surface area contributed by atoms with Crippen molar-refractivity contribution >= 4 is 127 Å². The molecule has 0 spiro atoms. The maximum Gasteiger partial charge on any atom is 0.351 e. The number of carboxylic acids is 7. The molecule has 40 heteroatoms. The van der Waals surface area contributed by atoms with Gasteiger partial charge < -0.3 is 111 Å². The van der Waals surface area contributed by atoms with Gasteiger partial charge in [0, 0.05) is 47.8 Å². The van der Waals surface area contributed by atoms with E-state index >= 15 is 0 Å². The number of nitrogens with two attached hydrogens (primary N) is 6. The maximum absolute atomic E-state index is 12.4. The van der Waals surface area contributed by atoms with Crippen LogP contribution >= 0.6 is 55.8 Å². The molecule has 1 aliphatic heterocycles. The molecule has 444 valence electrons. The third-order valence-corrected chi connectivity index (χ3v) is 14.3. The average Bonchev–Trinajstić information content (AvgIpc) is 3.66. The van der Waals surface area contributed by atoms with E-state index in [1.54, 1.807) is 0 Å². The van der Waals surface area contributed by atoms with Crippen LogP contribution in [0.2, 0.25) is 0 Å². The zero-order valence-electron chi connectivity index (χ0n) is 40.7. The molecule has 78 heavy (non-hydrogen) atoms. The molecule has 1 aliphatic rings. The Bertz CT molecular complexity index is 2110. The van der Waals surface area contributed by atoms with E-state index < -0.39 is 158 Å². The molecule has 1 fully saturated rings. The Kier molecular flexibility index (Phi) is 38.5. The van der Waals surface area contributed by atoms with Crippen LogP contribution < -0.4 is 61.4 Å². The summed E-state index contributed by atoms with van der Waals surface area (Å²) in [6.45, 7) is -1.93. The lowest BCUT2D eigenvalue weighted by atomic mass is 10.1. The fourth-order valence-corrected chi connectivity index (χ4v) is 9.43. The first kappa shape index (κ1) is 74.3. The summed E-state index contributed by atoms with van der Waals surface area (Å²) in [5.41, 5.74) is 30.7. The van der Waals surface area contributed by atoms with Crippen molar-refractivity contribution in [2.75, 3.05) is 54.2 Å². The number of amides is 4. The number of hydrogen-bond acceptors (Lipinski definition) is 28. The molecule has 1 aromatic heterocycles. The predicted molar refractivity (Wildman–Crippen MR) is 281 cm³/mol. The first-order valence-corrected chi connectivity index (χ1v) is 27.5. The minimum Gasteiger partial charge on any atom is -0.480 e. The van der Waals surface area contributed by atoms with Gasteiger partial charge in [0.2, 0.25) is 23.6 Å². The van der Waals surface area contributed by atoms with Crippen LogP contribution in [0.3, 0.4) is 0 Å². The summed E-state index contributed by atoms with van der Waals surface area (Å²) in [6.07, 6.45) is -4.39. The Morgan fingerprint density at radius 1 is 0.615 bits per heavy atom. The van der Waals surface area contributed by atoms with E-state index in [1.165, 1.54) is 33.9 Å². The van der Waals surface area contributed by atoms with Crippen molar-refractivity contribution in [3.63, 3.8) is 0 Å². The predicted octanol–water partition coefficient (Wildman–Crippen LogP) is -7.92. The van der Waals surface area contributed by atoms with E-state index in [-0.39, 0.29) is 60.3 Å². The average molecular weight is 1220 g/mol. The van der Waals surface area contributed by atoms with Crippen molar-refractivity contribution in [1.29, 1.82) is 0 Å². The van der Waals surface area contributed by atoms with Gasteiger partial charge in [-0.2, -0.15) is 17.6 Å². The lowest BCUT2D eigenvalue weighted by Crippen LogP contribution is -2.50. The third-order valence-electron chi connectivity index (χ3n) is 9.05. The van der Waals surface area contributed by atoms with Crippen LogP contribution in [0.1, 0.15) is 31.9 Å². The van der Waals surface area contributed by atoms with Gasteiger partial charge in [0.15, 0.2) is 6.23 Å². The number of aromatic nitrogens is 2. The van der Waals surface area contributed by atoms with Gasteiger partial charge in [-0.1, -0.05) is 43.2 Å². The number of aliphatic hydroxyl groups is 3. The number of carbonyl (C=O) groups excluding carboxylic acids is 4. The second kappa shape index (κ2) is 40.4. The van der Waals surface area contributed by atoms with Gasteiger partial charge >= 0.3 is 47.5 Å². The summed E-state index contributed by atoms with van der Waals surface area (Å²) in [6, 6.07) is -6.45. The van der Waals surface area contributed by atoms with Gasteiger partial charge in [0.25, 0.3) is 0 Å². The topological polar surface area (TPSA) is 638 Å². The molecule has 7 unspecified atom stereocenters. The largest absolute Gasteiger partial charge is 0.480 e. The lowest BCUT2D eigenvalue weighted by molar-refractivity contribution is -0.140. The Labute approximate surface area is 462 Å². The molecular weight excluding hydrogens is 1150 g/mol. The summed E-state index contributed by atoms with van der Waals surface area (Å²) < 4.78 is 6.19. The molecule has 0 aromatic carbocycles. The highest BCUT2D eigenvalue weighted by Gasteiger charge is 2.43. The van der Waals surface area contributed by atoms with Gasteiger partial charge in [0.05, 0.1) is 6.61 Å². The molecule has 26 N–H and O–H groups in total. The van der Waals surface area contributed by atoms with Crippen molar-refractivity contribution in [3.05, 3.63) is 22.7 Å². The number of ether oxygens (including phenoxy) is 1. The highest BCUT2D eigenvalue weighted by molar-refractivity contribution is 8.77. The minimum atomic E-state index is -1.34. The second-order valence-electron chi connectivity index (χ2n) is 15.4. The number of nitrogens with one attached hydrogen (secondary N) is 4. The van der Waals surface area contributed by atoms with E-state index in [9.17, 15) is 67.7 Å². The van der Waals surface area contributed by atoms with Crippen molar-refractivity contribution < 1.29 is 109 Å². The van der Waals surface area contributed by atoms with E-state index in [1.807, 2.05) is 0 Å². The van der Waals surface area contributed by atoms with E-state index in [4.69, 9.17) is 80.0 Å². The zero-order chi connectivity index (χ0) is 60.4. The van der Waals surface area contributed by atoms with Gasteiger partial charge in [-0.15, -0.1) is 0 Å².